The van der Waals surface area contributed by atoms with Crippen LogP contribution in [-0.2, 0) is 20.8 Å². The molecule has 0 radical (unpaired) electrons. The number of aromatic nitrogens is 3. The molecular formula is C26H36N6O4. The van der Waals surface area contributed by atoms with Gasteiger partial charge in [0.2, 0.25) is 17.7 Å². The Morgan fingerprint density at radius 2 is 1.86 bits per heavy atom. The Balaban J connectivity index is 1.40. The van der Waals surface area contributed by atoms with Crippen LogP contribution in [0.5, 0.6) is 0 Å². The first-order valence-corrected chi connectivity index (χ1v) is 12.6. The van der Waals surface area contributed by atoms with Crippen LogP contribution in [0.2, 0.25) is 0 Å². The van der Waals surface area contributed by atoms with Gasteiger partial charge < -0.3 is 20.6 Å². The molecule has 1 saturated carbocycles. The number of amides is 3. The number of carbonyl (C=O) groups excluding carboxylic acids is 3. The Bertz CT molecular complexity index is 1100. The summed E-state index contributed by atoms with van der Waals surface area (Å²) >= 11 is 0. The predicted octanol–water partition coefficient (Wildman–Crippen LogP) is 2.02. The van der Waals surface area contributed by atoms with Crippen molar-refractivity contribution in [3.63, 3.8) is 0 Å². The van der Waals surface area contributed by atoms with Gasteiger partial charge in [0.05, 0.1) is 11.8 Å². The number of aliphatic hydroxyl groups is 1. The lowest BCUT2D eigenvalue weighted by Gasteiger charge is -2.34. The molecule has 10 nitrogen and oxygen atoms in total. The van der Waals surface area contributed by atoms with Gasteiger partial charge in [-0.15, -0.1) is 5.10 Å². The lowest BCUT2D eigenvalue weighted by molar-refractivity contribution is -0.144. The number of β-amino-alcohol motifs (C(OH)–C–C–N with tert-alkyl or cyclic N) is 1. The van der Waals surface area contributed by atoms with Gasteiger partial charge in [0.25, 0.3) is 0 Å². The van der Waals surface area contributed by atoms with Crippen molar-refractivity contribution in [2.75, 3.05) is 18.4 Å². The maximum Gasteiger partial charge on any atom is 0.248 e. The highest BCUT2D eigenvalue weighted by Gasteiger charge is 2.45. The molecule has 3 atom stereocenters. The third-order valence-electron chi connectivity index (χ3n) is 6.69. The number of aliphatic hydroxyl groups excluding tert-OH is 1. The zero-order valence-electron chi connectivity index (χ0n) is 21.4. The van der Waals surface area contributed by atoms with Gasteiger partial charge in [-0.2, -0.15) is 0 Å². The highest BCUT2D eigenvalue weighted by molar-refractivity contribution is 5.90. The largest absolute Gasteiger partial charge is 0.391 e. The van der Waals surface area contributed by atoms with Gasteiger partial charge in [0, 0.05) is 44.2 Å². The number of rotatable bonds is 8. The van der Waals surface area contributed by atoms with E-state index in [9.17, 15) is 19.5 Å². The van der Waals surface area contributed by atoms with Crippen molar-refractivity contribution in [1.29, 1.82) is 0 Å². The SMILES string of the molecule is CC(=O)Nc1ccc(CCNC(=O)[C@@H]2C[C@@H](O)CN2C(=O)[C@@H](n2cc(C3CC3)nn2)C(C)(C)C)cc1. The molecule has 2 heterocycles. The Morgan fingerprint density at radius 3 is 2.47 bits per heavy atom. The quantitative estimate of drug-likeness (QED) is 0.513. The number of hydrogen-bond acceptors (Lipinski definition) is 6. The summed E-state index contributed by atoms with van der Waals surface area (Å²) in [6, 6.07) is 6.05. The van der Waals surface area contributed by atoms with Gasteiger partial charge in [-0.3, -0.25) is 14.4 Å². The van der Waals surface area contributed by atoms with E-state index in [0.717, 1.165) is 29.8 Å². The average molecular weight is 497 g/mol. The van der Waals surface area contributed by atoms with Gasteiger partial charge in [0.1, 0.15) is 12.1 Å². The molecule has 1 aliphatic heterocycles. The molecule has 1 aliphatic carbocycles. The van der Waals surface area contributed by atoms with E-state index in [1.54, 1.807) is 4.68 Å². The number of anilines is 1. The van der Waals surface area contributed by atoms with Crippen molar-refractivity contribution < 1.29 is 19.5 Å². The second kappa shape index (κ2) is 10.4. The minimum atomic E-state index is -0.760. The van der Waals surface area contributed by atoms with E-state index >= 15 is 0 Å². The van der Waals surface area contributed by atoms with Gasteiger partial charge in [0.15, 0.2) is 0 Å². The summed E-state index contributed by atoms with van der Waals surface area (Å²) in [5.41, 5.74) is 2.16. The molecule has 3 N–H and O–H groups in total. The van der Waals surface area contributed by atoms with E-state index in [1.165, 1.54) is 11.8 Å². The van der Waals surface area contributed by atoms with Gasteiger partial charge in [-0.25, -0.2) is 4.68 Å². The maximum absolute atomic E-state index is 13.8. The van der Waals surface area contributed by atoms with Crippen molar-refractivity contribution >= 4 is 23.4 Å². The van der Waals surface area contributed by atoms with Crippen LogP contribution in [0.25, 0.3) is 0 Å². The highest BCUT2D eigenvalue weighted by atomic mass is 16.3. The van der Waals surface area contributed by atoms with E-state index in [4.69, 9.17) is 0 Å². The molecule has 2 fully saturated rings. The highest BCUT2D eigenvalue weighted by Crippen LogP contribution is 2.40. The normalized spacial score (nSPS) is 20.8. The van der Waals surface area contributed by atoms with Gasteiger partial charge >= 0.3 is 0 Å². The fourth-order valence-electron chi connectivity index (χ4n) is 4.73. The van der Waals surface area contributed by atoms with Gasteiger partial charge in [-0.1, -0.05) is 38.1 Å². The van der Waals surface area contributed by atoms with Crippen LogP contribution in [0.1, 0.15) is 70.2 Å². The molecule has 2 aliphatic rings. The topological polar surface area (TPSA) is 129 Å². The summed E-state index contributed by atoms with van der Waals surface area (Å²) in [4.78, 5) is 39.5. The molecule has 3 amide bonds. The third kappa shape index (κ3) is 6.10. The van der Waals surface area contributed by atoms with Crippen LogP contribution in [0.3, 0.4) is 0 Å². The Morgan fingerprint density at radius 1 is 1.17 bits per heavy atom. The van der Waals surface area contributed by atoms with Crippen LogP contribution < -0.4 is 10.6 Å². The molecule has 0 unspecified atom stereocenters. The van der Waals surface area contributed by atoms with Crippen molar-refractivity contribution in [3.05, 3.63) is 41.7 Å². The fourth-order valence-corrected chi connectivity index (χ4v) is 4.73. The van der Waals surface area contributed by atoms with Crippen LogP contribution in [-0.4, -0.2) is 68.0 Å². The Hall–Kier alpha value is -3.27. The fraction of sp³-hybridized carbons (Fsp3) is 0.577. The predicted molar refractivity (Wildman–Crippen MR) is 134 cm³/mol. The molecule has 0 spiro atoms. The van der Waals surface area contributed by atoms with E-state index in [0.29, 0.717) is 18.9 Å². The lowest BCUT2D eigenvalue weighted by atomic mass is 9.85. The monoisotopic (exact) mass is 496 g/mol. The smallest absolute Gasteiger partial charge is 0.248 e. The van der Waals surface area contributed by atoms with Crippen LogP contribution in [0.4, 0.5) is 5.69 Å². The second-order valence-corrected chi connectivity index (χ2v) is 11.0. The second-order valence-electron chi connectivity index (χ2n) is 11.0. The Kier molecular flexibility index (Phi) is 7.44. The van der Waals surface area contributed by atoms with E-state index < -0.39 is 23.6 Å². The van der Waals surface area contributed by atoms with E-state index in [2.05, 4.69) is 20.9 Å². The van der Waals surface area contributed by atoms with Crippen molar-refractivity contribution in [2.24, 2.45) is 5.41 Å². The van der Waals surface area contributed by atoms with Gasteiger partial charge in [-0.05, 0) is 42.4 Å². The summed E-state index contributed by atoms with van der Waals surface area (Å²) < 4.78 is 1.63. The molecule has 0 bridgehead atoms. The van der Waals surface area contributed by atoms with Crippen molar-refractivity contribution in [3.8, 4) is 0 Å². The van der Waals surface area contributed by atoms with E-state index in [1.807, 2.05) is 51.2 Å². The first-order valence-electron chi connectivity index (χ1n) is 12.6. The zero-order valence-corrected chi connectivity index (χ0v) is 21.4. The summed E-state index contributed by atoms with van der Waals surface area (Å²) in [7, 11) is 0. The number of nitrogens with zero attached hydrogens (tertiary/aromatic N) is 4. The molecule has 2 aromatic rings. The van der Waals surface area contributed by atoms with Crippen LogP contribution >= 0.6 is 0 Å². The zero-order chi connectivity index (χ0) is 26.0. The summed E-state index contributed by atoms with van der Waals surface area (Å²) in [5.74, 6) is -0.225. The minimum absolute atomic E-state index is 0.109. The number of carbonyl (C=O) groups is 3. The molecule has 1 aromatic heterocycles. The summed E-state index contributed by atoms with van der Waals surface area (Å²) in [5, 5.41) is 24.5. The summed E-state index contributed by atoms with van der Waals surface area (Å²) in [6.45, 7) is 7.85. The number of hydrogen-bond donors (Lipinski definition) is 3. The third-order valence-corrected chi connectivity index (χ3v) is 6.69. The molecule has 4 rings (SSSR count). The first-order chi connectivity index (χ1) is 17.0. The standard InChI is InChI=1S/C26H36N6O4/c1-16(33)28-19-9-5-17(6-10-19)11-12-27-24(35)22-13-20(34)14-31(22)25(36)23(26(2,3)4)32-15-21(29-30-32)18-7-8-18/h5-6,9-10,15,18,20,22-23,34H,7-8,11-14H2,1-4H3,(H,27,35)(H,28,33)/t20-,22+,23-/m1/s1. The lowest BCUT2D eigenvalue weighted by Crippen LogP contribution is -2.50. The van der Waals surface area contributed by atoms with Crippen LogP contribution in [0, 0.1) is 5.41 Å². The summed E-state index contributed by atoms with van der Waals surface area (Å²) in [6.07, 6.45) is 4.07. The van der Waals surface area contributed by atoms with Crippen molar-refractivity contribution in [2.45, 2.75) is 77.5 Å². The number of benzene rings is 1. The molecule has 36 heavy (non-hydrogen) atoms. The van der Waals surface area contributed by atoms with Crippen LogP contribution in [0.15, 0.2) is 30.5 Å². The minimum Gasteiger partial charge on any atom is -0.391 e. The Labute approximate surface area is 211 Å². The first kappa shape index (κ1) is 25.8. The molecule has 10 heteroatoms. The van der Waals surface area contributed by atoms with Crippen molar-refractivity contribution in [1.82, 2.24) is 25.2 Å². The number of nitrogens with one attached hydrogen (secondary N) is 2. The number of likely N-dealkylation sites (tertiary alicyclic amines) is 1. The molecular weight excluding hydrogens is 460 g/mol. The van der Waals surface area contributed by atoms with E-state index in [-0.39, 0.29) is 30.7 Å². The maximum atomic E-state index is 13.8. The molecule has 194 valence electrons. The molecule has 1 saturated heterocycles. The molecule has 1 aromatic carbocycles. The average Bonchev–Trinajstić information content (AvgIpc) is 3.40.